The summed E-state index contributed by atoms with van der Waals surface area (Å²) < 4.78 is 35.7. The van der Waals surface area contributed by atoms with E-state index in [1.54, 1.807) is 0 Å². The van der Waals surface area contributed by atoms with Gasteiger partial charge in [-0.3, -0.25) is 4.79 Å². The number of amides is 1. The summed E-state index contributed by atoms with van der Waals surface area (Å²) in [5.74, 6) is -0.588. The molecule has 0 aromatic heterocycles. The Balaban J connectivity index is 2.37. The maximum atomic E-state index is 13.2. The van der Waals surface area contributed by atoms with E-state index in [0.717, 1.165) is 6.07 Å². The van der Waals surface area contributed by atoms with Gasteiger partial charge >= 0.3 is 10.2 Å². The number of rotatable bonds is 3. The van der Waals surface area contributed by atoms with Crippen molar-refractivity contribution in [2.24, 2.45) is 0 Å². The molecule has 2 aromatic rings. The normalized spacial score (nSPS) is 11.2. The molecular weight excluding hydrogens is 385 g/mol. The summed E-state index contributed by atoms with van der Waals surface area (Å²) in [5, 5.41) is 2.80. The van der Waals surface area contributed by atoms with Crippen LogP contribution in [0, 0.1) is 0 Å². The van der Waals surface area contributed by atoms with Crippen LogP contribution in [-0.4, -0.2) is 14.3 Å². The Morgan fingerprint density at radius 2 is 1.86 bits per heavy atom. The first-order valence-corrected chi connectivity index (χ1v) is 8.14. The summed E-state index contributed by atoms with van der Waals surface area (Å²) >= 11 is 8.96. The molecule has 0 heterocycles. The average Bonchev–Trinajstić information content (AvgIpc) is 2.37. The van der Waals surface area contributed by atoms with E-state index in [2.05, 4.69) is 21.2 Å². The number of para-hydroxylation sites is 1. The fraction of sp³-hybridized carbons (Fsp3) is 0. The van der Waals surface area contributed by atoms with Crippen LogP contribution in [0.15, 0.2) is 51.8 Å². The minimum atomic E-state index is -4.93. The van der Waals surface area contributed by atoms with Crippen molar-refractivity contribution in [3.05, 3.63) is 57.5 Å². The van der Waals surface area contributed by atoms with E-state index < -0.39 is 21.0 Å². The van der Waals surface area contributed by atoms with Gasteiger partial charge in [-0.05, 0) is 46.3 Å². The molecule has 0 atom stereocenters. The van der Waals surface area contributed by atoms with Crippen LogP contribution in [0.1, 0.15) is 10.4 Å². The van der Waals surface area contributed by atoms with Crippen molar-refractivity contribution < 1.29 is 17.1 Å². The fourth-order valence-corrected chi connectivity index (χ4v) is 3.13. The van der Waals surface area contributed by atoms with Gasteiger partial charge in [0, 0.05) is 9.50 Å². The Kier molecular flexibility index (Phi) is 4.65. The van der Waals surface area contributed by atoms with Crippen LogP contribution in [0.2, 0.25) is 5.02 Å². The molecular formula is C13H8BrClFNO3S. The summed E-state index contributed by atoms with van der Waals surface area (Å²) in [4.78, 5) is 11.5. The largest absolute Gasteiger partial charge is 0.334 e. The number of halogens is 3. The Hall–Kier alpha value is -1.44. The first kappa shape index (κ1) is 15.9. The molecule has 4 nitrogen and oxygen atoms in total. The first-order valence-electron chi connectivity index (χ1n) is 5.59. The Bertz CT molecular complexity index is 811. The predicted octanol–water partition coefficient (Wildman–Crippen LogP) is 4.01. The van der Waals surface area contributed by atoms with Gasteiger partial charge in [-0.15, -0.1) is 3.89 Å². The van der Waals surface area contributed by atoms with Crippen molar-refractivity contribution in [2.75, 3.05) is 5.32 Å². The second-order valence-electron chi connectivity index (χ2n) is 4.01. The molecule has 8 heteroatoms. The number of carbonyl (C=O) groups is 1. The van der Waals surface area contributed by atoms with Gasteiger partial charge in [-0.25, -0.2) is 0 Å². The van der Waals surface area contributed by atoms with Gasteiger partial charge in [-0.1, -0.05) is 23.7 Å². The van der Waals surface area contributed by atoms with Crippen LogP contribution >= 0.6 is 27.5 Å². The molecule has 2 aromatic carbocycles. The highest BCUT2D eigenvalue weighted by atomic mass is 79.9. The Labute approximate surface area is 134 Å². The fourth-order valence-electron chi connectivity index (χ4n) is 1.65. The third kappa shape index (κ3) is 3.81. The molecule has 110 valence electrons. The van der Waals surface area contributed by atoms with Crippen molar-refractivity contribution in [3.63, 3.8) is 0 Å². The number of hydrogen-bond donors (Lipinski definition) is 1. The lowest BCUT2D eigenvalue weighted by Gasteiger charge is -2.09. The Morgan fingerprint density at radius 3 is 2.48 bits per heavy atom. The molecule has 1 N–H and O–H groups in total. The standard InChI is InChI=1S/C13H8BrClFNO3S/c14-10-7-8(15)5-6-9(10)13(18)17-11-3-1-2-4-12(11)21(16,19)20/h1-7H,(H,17,18). The van der Waals surface area contributed by atoms with E-state index in [9.17, 15) is 17.1 Å². The lowest BCUT2D eigenvalue weighted by Crippen LogP contribution is -2.14. The van der Waals surface area contributed by atoms with Crippen molar-refractivity contribution in [1.82, 2.24) is 0 Å². The maximum Gasteiger partial charge on any atom is 0.334 e. The smallest absolute Gasteiger partial charge is 0.321 e. The van der Waals surface area contributed by atoms with Gasteiger partial charge < -0.3 is 5.32 Å². The zero-order valence-electron chi connectivity index (χ0n) is 10.3. The SMILES string of the molecule is O=C(Nc1ccccc1S(=O)(=O)F)c1ccc(Cl)cc1Br. The molecule has 0 aliphatic heterocycles. The zero-order chi connectivity index (χ0) is 15.6. The topological polar surface area (TPSA) is 63.2 Å². The predicted molar refractivity (Wildman–Crippen MR) is 81.8 cm³/mol. The second kappa shape index (κ2) is 6.13. The van der Waals surface area contributed by atoms with Gasteiger partial charge in [0.1, 0.15) is 4.90 Å². The number of nitrogens with one attached hydrogen (secondary N) is 1. The molecule has 21 heavy (non-hydrogen) atoms. The van der Waals surface area contributed by atoms with E-state index in [0.29, 0.717) is 9.50 Å². The summed E-state index contributed by atoms with van der Waals surface area (Å²) in [6, 6.07) is 9.72. The van der Waals surface area contributed by atoms with Crippen LogP contribution in [0.4, 0.5) is 9.57 Å². The maximum absolute atomic E-state index is 13.2. The quantitative estimate of drug-likeness (QED) is 0.803. The van der Waals surface area contributed by atoms with Gasteiger partial charge in [0.05, 0.1) is 11.3 Å². The highest BCUT2D eigenvalue weighted by Crippen LogP contribution is 2.26. The minimum Gasteiger partial charge on any atom is -0.321 e. The van der Waals surface area contributed by atoms with Crippen LogP contribution in [0.5, 0.6) is 0 Å². The van der Waals surface area contributed by atoms with E-state index >= 15 is 0 Å². The summed E-state index contributed by atoms with van der Waals surface area (Å²) in [6.07, 6.45) is 0. The average molecular weight is 393 g/mol. The molecule has 0 aliphatic rings. The third-order valence-corrected chi connectivity index (χ3v) is 4.35. The van der Waals surface area contributed by atoms with E-state index in [1.807, 2.05) is 0 Å². The van der Waals surface area contributed by atoms with Crippen LogP contribution in [0.3, 0.4) is 0 Å². The minimum absolute atomic E-state index is 0.133. The molecule has 2 rings (SSSR count). The zero-order valence-corrected chi connectivity index (χ0v) is 13.5. The first-order chi connectivity index (χ1) is 9.79. The number of hydrogen-bond acceptors (Lipinski definition) is 3. The molecule has 1 amide bonds. The molecule has 0 saturated heterocycles. The highest BCUT2D eigenvalue weighted by molar-refractivity contribution is 9.10. The number of carbonyl (C=O) groups excluding carboxylic acids is 1. The van der Waals surface area contributed by atoms with E-state index in [-0.39, 0.29) is 11.3 Å². The monoisotopic (exact) mass is 391 g/mol. The van der Waals surface area contributed by atoms with Gasteiger partial charge in [0.15, 0.2) is 0 Å². The van der Waals surface area contributed by atoms with E-state index in [1.165, 1.54) is 36.4 Å². The molecule has 0 unspecified atom stereocenters. The number of anilines is 1. The summed E-state index contributed by atoms with van der Waals surface area (Å²) in [6.45, 7) is 0. The van der Waals surface area contributed by atoms with Crippen LogP contribution in [0.25, 0.3) is 0 Å². The Morgan fingerprint density at radius 1 is 1.19 bits per heavy atom. The molecule has 0 bridgehead atoms. The van der Waals surface area contributed by atoms with Gasteiger partial charge in [-0.2, -0.15) is 8.42 Å². The second-order valence-corrected chi connectivity index (χ2v) is 6.62. The van der Waals surface area contributed by atoms with Crippen molar-refractivity contribution in [2.45, 2.75) is 4.90 Å². The highest BCUT2D eigenvalue weighted by Gasteiger charge is 2.19. The molecule has 0 radical (unpaired) electrons. The van der Waals surface area contributed by atoms with Crippen LogP contribution < -0.4 is 5.32 Å². The third-order valence-electron chi connectivity index (χ3n) is 2.57. The number of benzene rings is 2. The van der Waals surface area contributed by atoms with Gasteiger partial charge in [0.25, 0.3) is 5.91 Å². The lowest BCUT2D eigenvalue weighted by molar-refractivity contribution is 0.102. The summed E-state index contributed by atoms with van der Waals surface area (Å²) in [5.41, 5.74) is 0.109. The molecule has 0 fully saturated rings. The van der Waals surface area contributed by atoms with Crippen LogP contribution in [-0.2, 0) is 10.2 Å². The summed E-state index contributed by atoms with van der Waals surface area (Å²) in [7, 11) is -4.93. The molecule has 0 saturated carbocycles. The lowest BCUT2D eigenvalue weighted by atomic mass is 10.2. The van der Waals surface area contributed by atoms with Crippen molar-refractivity contribution in [3.8, 4) is 0 Å². The van der Waals surface area contributed by atoms with Gasteiger partial charge in [0.2, 0.25) is 0 Å². The molecule has 0 aliphatic carbocycles. The molecule has 0 spiro atoms. The van der Waals surface area contributed by atoms with E-state index in [4.69, 9.17) is 11.6 Å². The van der Waals surface area contributed by atoms with Crippen molar-refractivity contribution >= 4 is 49.3 Å². The van der Waals surface area contributed by atoms with Crippen molar-refractivity contribution in [1.29, 1.82) is 0 Å².